The minimum absolute atomic E-state index is 0.00731. The SMILES string of the molecule is COc1cccc(C(=O)Nc2cc(-c3noc(-c4sc(NC(=O)N[C@H]5CC[C@H](O)CC5)nc4N)n3)c(F)cc2F)c1. The molecular formula is C26H25F2N7O5S. The summed E-state index contributed by atoms with van der Waals surface area (Å²) < 4.78 is 39.6. The van der Waals surface area contributed by atoms with Crippen LogP contribution in [0.25, 0.3) is 22.2 Å². The fourth-order valence-electron chi connectivity index (χ4n) is 4.28. The van der Waals surface area contributed by atoms with Crippen LogP contribution in [0.4, 0.5) is 30.2 Å². The standard InChI is InChI=1S/C26H25F2N7O5S/c1-39-15-4-2-3-12(9-15)23(37)31-19-10-16(17(27)11-18(19)28)22-33-24(40-35-22)20-21(29)32-26(41-20)34-25(38)30-13-5-7-14(36)8-6-13/h2-4,9-11,13-14,36H,5-8,29H2,1H3,(H,31,37)(H2,30,32,34,38)/t13-,14-. The molecule has 41 heavy (non-hydrogen) atoms. The van der Waals surface area contributed by atoms with Crippen molar-refractivity contribution in [1.82, 2.24) is 20.4 Å². The van der Waals surface area contributed by atoms with Crippen LogP contribution >= 0.6 is 11.3 Å². The zero-order valence-corrected chi connectivity index (χ0v) is 22.4. The number of halogens is 2. The maximum absolute atomic E-state index is 14.7. The first-order valence-corrected chi connectivity index (χ1v) is 13.3. The zero-order valence-electron chi connectivity index (χ0n) is 21.6. The Bertz CT molecular complexity index is 1590. The minimum Gasteiger partial charge on any atom is -0.497 e. The predicted molar refractivity (Wildman–Crippen MR) is 147 cm³/mol. The smallest absolute Gasteiger partial charge is 0.321 e. The Morgan fingerprint density at radius 2 is 1.88 bits per heavy atom. The number of nitrogen functional groups attached to an aromatic ring is 1. The molecule has 0 radical (unpaired) electrons. The number of carbonyl (C=O) groups excluding carboxylic acids is 2. The van der Waals surface area contributed by atoms with E-state index in [9.17, 15) is 23.5 Å². The van der Waals surface area contributed by atoms with Gasteiger partial charge in [-0.05, 0) is 49.9 Å². The van der Waals surface area contributed by atoms with Crippen molar-refractivity contribution in [1.29, 1.82) is 0 Å². The van der Waals surface area contributed by atoms with Crippen molar-refractivity contribution in [3.05, 3.63) is 53.6 Å². The molecule has 2 aromatic heterocycles. The van der Waals surface area contributed by atoms with E-state index in [-0.39, 0.29) is 56.5 Å². The van der Waals surface area contributed by atoms with Crippen LogP contribution in [-0.4, -0.2) is 51.4 Å². The summed E-state index contributed by atoms with van der Waals surface area (Å²) in [5, 5.41) is 21.4. The summed E-state index contributed by atoms with van der Waals surface area (Å²) in [6.45, 7) is 0. The number of amides is 3. The number of rotatable bonds is 7. The first kappa shape index (κ1) is 27.9. The van der Waals surface area contributed by atoms with E-state index in [1.807, 2.05) is 0 Å². The van der Waals surface area contributed by atoms with Crippen molar-refractivity contribution in [3.8, 4) is 27.9 Å². The van der Waals surface area contributed by atoms with Crippen LogP contribution in [0.5, 0.6) is 5.75 Å². The van der Waals surface area contributed by atoms with Crippen molar-refractivity contribution >= 4 is 39.9 Å². The number of nitrogens with one attached hydrogen (secondary N) is 3. The fourth-order valence-corrected chi connectivity index (χ4v) is 5.08. The highest BCUT2D eigenvalue weighted by atomic mass is 32.1. The molecule has 214 valence electrons. The van der Waals surface area contributed by atoms with Gasteiger partial charge < -0.3 is 30.7 Å². The van der Waals surface area contributed by atoms with Gasteiger partial charge in [0.2, 0.25) is 5.82 Å². The summed E-state index contributed by atoms with van der Waals surface area (Å²) in [4.78, 5) is 33.5. The van der Waals surface area contributed by atoms with Crippen molar-refractivity contribution in [3.63, 3.8) is 0 Å². The maximum Gasteiger partial charge on any atom is 0.321 e. The van der Waals surface area contributed by atoms with E-state index in [4.69, 9.17) is 15.0 Å². The highest BCUT2D eigenvalue weighted by molar-refractivity contribution is 7.19. The topological polar surface area (TPSA) is 178 Å². The number of thiazole rings is 1. The molecule has 0 spiro atoms. The van der Waals surface area contributed by atoms with E-state index in [1.165, 1.54) is 19.2 Å². The van der Waals surface area contributed by atoms with Gasteiger partial charge in [-0.1, -0.05) is 22.6 Å². The lowest BCUT2D eigenvalue weighted by molar-refractivity contribution is 0.102. The summed E-state index contributed by atoms with van der Waals surface area (Å²) in [6, 6.07) is 7.34. The lowest BCUT2D eigenvalue weighted by Crippen LogP contribution is -2.40. The van der Waals surface area contributed by atoms with Crippen LogP contribution in [0.1, 0.15) is 36.0 Å². The molecule has 5 rings (SSSR count). The van der Waals surface area contributed by atoms with Crippen molar-refractivity contribution in [2.24, 2.45) is 0 Å². The Morgan fingerprint density at radius 1 is 1.10 bits per heavy atom. The number of benzene rings is 2. The molecule has 1 aliphatic carbocycles. The van der Waals surface area contributed by atoms with Crippen LogP contribution in [-0.2, 0) is 0 Å². The van der Waals surface area contributed by atoms with Gasteiger partial charge in [0.15, 0.2) is 5.13 Å². The van der Waals surface area contributed by atoms with Gasteiger partial charge in [0.1, 0.15) is 28.1 Å². The molecule has 6 N–H and O–H groups in total. The average Bonchev–Trinajstić information content (AvgIpc) is 3.57. The maximum atomic E-state index is 14.7. The Labute approximate surface area is 235 Å². The number of methoxy groups -OCH3 is 1. The molecule has 0 saturated heterocycles. The first-order chi connectivity index (χ1) is 19.7. The van der Waals surface area contributed by atoms with Crippen LogP contribution < -0.4 is 26.4 Å². The second kappa shape index (κ2) is 11.9. The van der Waals surface area contributed by atoms with Crippen LogP contribution in [0, 0.1) is 11.6 Å². The molecule has 1 saturated carbocycles. The largest absolute Gasteiger partial charge is 0.497 e. The number of hydrogen-bond acceptors (Lipinski definition) is 10. The Kier molecular flexibility index (Phi) is 8.07. The molecule has 0 aliphatic heterocycles. The van der Waals surface area contributed by atoms with Crippen LogP contribution in [0.2, 0.25) is 0 Å². The Balaban J connectivity index is 1.31. The van der Waals surface area contributed by atoms with Gasteiger partial charge in [0.05, 0.1) is 24.5 Å². The third kappa shape index (κ3) is 6.41. The summed E-state index contributed by atoms with van der Waals surface area (Å²) in [7, 11) is 1.45. The molecule has 2 heterocycles. The number of carbonyl (C=O) groups is 2. The van der Waals surface area contributed by atoms with Crippen molar-refractivity contribution in [2.45, 2.75) is 37.8 Å². The number of urea groups is 1. The number of nitrogens with two attached hydrogens (primary N) is 1. The van der Waals surface area contributed by atoms with Gasteiger partial charge in [0.25, 0.3) is 11.8 Å². The molecule has 2 aromatic carbocycles. The average molecular weight is 586 g/mol. The third-order valence-corrected chi connectivity index (χ3v) is 7.38. The number of aliphatic hydroxyl groups excluding tert-OH is 1. The second-order valence-corrected chi connectivity index (χ2v) is 10.3. The van der Waals surface area contributed by atoms with Gasteiger partial charge >= 0.3 is 6.03 Å². The minimum atomic E-state index is -1.00. The lowest BCUT2D eigenvalue weighted by Gasteiger charge is -2.25. The highest BCUT2D eigenvalue weighted by Gasteiger charge is 2.24. The normalized spacial score (nSPS) is 16.7. The lowest BCUT2D eigenvalue weighted by atomic mass is 9.93. The summed E-state index contributed by atoms with van der Waals surface area (Å²) in [5.41, 5.74) is 5.66. The van der Waals surface area contributed by atoms with Crippen molar-refractivity contribution < 1.29 is 32.7 Å². The first-order valence-electron chi connectivity index (χ1n) is 12.5. The highest BCUT2D eigenvalue weighted by Crippen LogP contribution is 2.36. The molecule has 1 aliphatic rings. The van der Waals surface area contributed by atoms with E-state index in [2.05, 4.69) is 31.1 Å². The molecule has 0 atom stereocenters. The predicted octanol–water partition coefficient (Wildman–Crippen LogP) is 4.41. The number of ether oxygens (including phenoxy) is 1. The molecule has 0 unspecified atom stereocenters. The van der Waals surface area contributed by atoms with E-state index in [1.54, 1.807) is 12.1 Å². The quantitative estimate of drug-likeness (QED) is 0.210. The molecule has 12 nitrogen and oxygen atoms in total. The fraction of sp³-hybridized carbons (Fsp3) is 0.269. The number of aromatic nitrogens is 3. The number of aliphatic hydroxyl groups is 1. The summed E-state index contributed by atoms with van der Waals surface area (Å²) >= 11 is 0.965. The number of hydrogen-bond donors (Lipinski definition) is 5. The van der Waals surface area contributed by atoms with Gasteiger partial charge in [-0.15, -0.1) is 0 Å². The van der Waals surface area contributed by atoms with Gasteiger partial charge in [-0.3, -0.25) is 10.1 Å². The number of anilines is 3. The molecule has 15 heteroatoms. The molecule has 4 aromatic rings. The van der Waals surface area contributed by atoms with Gasteiger partial charge in [-0.25, -0.2) is 18.6 Å². The van der Waals surface area contributed by atoms with E-state index in [0.29, 0.717) is 37.5 Å². The van der Waals surface area contributed by atoms with Crippen LogP contribution in [0.15, 0.2) is 40.9 Å². The van der Waals surface area contributed by atoms with Gasteiger partial charge in [-0.2, -0.15) is 4.98 Å². The van der Waals surface area contributed by atoms with Crippen molar-refractivity contribution in [2.75, 3.05) is 23.5 Å². The van der Waals surface area contributed by atoms with E-state index in [0.717, 1.165) is 17.4 Å². The third-order valence-electron chi connectivity index (χ3n) is 6.40. The van der Waals surface area contributed by atoms with E-state index >= 15 is 0 Å². The molecule has 3 amide bonds. The Hall–Kier alpha value is -4.63. The zero-order chi connectivity index (χ0) is 29.1. The summed E-state index contributed by atoms with van der Waals surface area (Å²) in [6.07, 6.45) is 2.21. The number of nitrogens with zero attached hydrogens (tertiary/aromatic N) is 3. The van der Waals surface area contributed by atoms with E-state index < -0.39 is 23.6 Å². The molecular weight excluding hydrogens is 560 g/mol. The monoisotopic (exact) mass is 585 g/mol. The molecule has 0 bridgehead atoms. The molecule has 1 fully saturated rings. The van der Waals surface area contributed by atoms with Gasteiger partial charge in [0, 0.05) is 17.7 Å². The second-order valence-electron chi connectivity index (χ2n) is 9.26. The Morgan fingerprint density at radius 3 is 2.63 bits per heavy atom. The summed E-state index contributed by atoms with van der Waals surface area (Å²) in [5.74, 6) is -2.53. The van der Waals surface area contributed by atoms with Crippen LogP contribution in [0.3, 0.4) is 0 Å².